The maximum Gasteiger partial charge on any atom is 0.173 e. The Labute approximate surface area is 107 Å². The van der Waals surface area contributed by atoms with Crippen molar-refractivity contribution in [2.24, 2.45) is 5.92 Å². The molecule has 2 heteroatoms. The van der Waals surface area contributed by atoms with Crippen molar-refractivity contribution in [1.29, 1.82) is 0 Å². The fourth-order valence-electron chi connectivity index (χ4n) is 2.12. The predicted octanol–water partition coefficient (Wildman–Crippen LogP) is 2.73. The maximum absolute atomic E-state index is 12.0. The van der Waals surface area contributed by atoms with Crippen LogP contribution < -0.4 is 0 Å². The van der Waals surface area contributed by atoms with E-state index >= 15 is 0 Å². The van der Waals surface area contributed by atoms with Gasteiger partial charge in [0.25, 0.3) is 0 Å². The van der Waals surface area contributed by atoms with Crippen molar-refractivity contribution in [2.75, 3.05) is 0 Å². The van der Waals surface area contributed by atoms with Gasteiger partial charge in [-0.3, -0.25) is 9.59 Å². The second kappa shape index (κ2) is 5.13. The Bertz CT molecular complexity index is 550. The van der Waals surface area contributed by atoms with E-state index in [2.05, 4.69) is 26.0 Å². The molecule has 0 radical (unpaired) electrons. The minimum atomic E-state index is -0.211. The number of benzene rings is 1. The van der Waals surface area contributed by atoms with Crippen molar-refractivity contribution >= 4 is 12.1 Å². The highest BCUT2D eigenvalue weighted by molar-refractivity contribution is 6.14. The average Bonchev–Trinajstić information content (AvgIpc) is 2.36. The van der Waals surface area contributed by atoms with Gasteiger partial charge in [0, 0.05) is 5.92 Å². The number of hydrogen-bond donors (Lipinski definition) is 0. The monoisotopic (exact) mass is 240 g/mol. The molecule has 0 bridgehead atoms. The van der Waals surface area contributed by atoms with E-state index < -0.39 is 0 Å². The molecule has 0 saturated carbocycles. The molecular formula is C16H16O2. The van der Waals surface area contributed by atoms with Crippen LogP contribution in [0, 0.1) is 19.8 Å². The van der Waals surface area contributed by atoms with Gasteiger partial charge in [0.1, 0.15) is 0 Å². The summed E-state index contributed by atoms with van der Waals surface area (Å²) in [7, 11) is 0. The first-order valence-corrected chi connectivity index (χ1v) is 6.06. The van der Waals surface area contributed by atoms with Crippen molar-refractivity contribution in [1.82, 2.24) is 0 Å². The molecule has 1 unspecified atom stereocenters. The lowest BCUT2D eigenvalue weighted by Crippen LogP contribution is -2.20. The molecule has 1 atom stereocenters. The lowest BCUT2D eigenvalue weighted by atomic mass is 9.87. The van der Waals surface area contributed by atoms with E-state index in [1.807, 2.05) is 12.1 Å². The van der Waals surface area contributed by atoms with Crippen LogP contribution in [0.4, 0.5) is 0 Å². The highest BCUT2D eigenvalue weighted by Gasteiger charge is 2.21. The highest BCUT2D eigenvalue weighted by Crippen LogP contribution is 2.20. The third-order valence-electron chi connectivity index (χ3n) is 3.39. The van der Waals surface area contributed by atoms with E-state index in [-0.39, 0.29) is 17.3 Å². The molecule has 2 rings (SSSR count). The largest absolute Gasteiger partial charge is 0.298 e. The van der Waals surface area contributed by atoms with Crippen LogP contribution in [-0.4, -0.2) is 12.1 Å². The number of carbonyl (C=O) groups is 2. The van der Waals surface area contributed by atoms with Crippen LogP contribution in [0.25, 0.3) is 0 Å². The third kappa shape index (κ3) is 2.48. The molecule has 1 aromatic carbocycles. The topological polar surface area (TPSA) is 34.1 Å². The van der Waals surface area contributed by atoms with Gasteiger partial charge in [-0.1, -0.05) is 30.4 Å². The first-order chi connectivity index (χ1) is 8.61. The summed E-state index contributed by atoms with van der Waals surface area (Å²) in [5, 5.41) is 0. The lowest BCUT2D eigenvalue weighted by molar-refractivity contribution is -0.119. The van der Waals surface area contributed by atoms with Gasteiger partial charge in [-0.25, -0.2) is 0 Å². The molecule has 18 heavy (non-hydrogen) atoms. The lowest BCUT2D eigenvalue weighted by Gasteiger charge is -2.15. The number of aryl methyl sites for hydroxylation is 2. The van der Waals surface area contributed by atoms with Crippen molar-refractivity contribution in [3.05, 3.63) is 58.7 Å². The summed E-state index contributed by atoms with van der Waals surface area (Å²) in [5.74, 6) is -0.289. The average molecular weight is 240 g/mol. The van der Waals surface area contributed by atoms with Gasteiger partial charge in [-0.05, 0) is 43.0 Å². The van der Waals surface area contributed by atoms with E-state index in [9.17, 15) is 9.59 Å². The van der Waals surface area contributed by atoms with Crippen LogP contribution in [0.2, 0.25) is 0 Å². The molecule has 0 spiro atoms. The quantitative estimate of drug-likeness (QED) is 0.601. The summed E-state index contributed by atoms with van der Waals surface area (Å²) in [4.78, 5) is 22.7. The van der Waals surface area contributed by atoms with Gasteiger partial charge >= 0.3 is 0 Å². The molecule has 1 aromatic rings. The summed E-state index contributed by atoms with van der Waals surface area (Å²) in [6.45, 7) is 4.13. The summed E-state index contributed by atoms with van der Waals surface area (Å²) in [6.07, 6.45) is 6.52. The van der Waals surface area contributed by atoms with Gasteiger partial charge < -0.3 is 0 Å². The van der Waals surface area contributed by atoms with Gasteiger partial charge in [0.15, 0.2) is 12.1 Å². The van der Waals surface area contributed by atoms with Crippen molar-refractivity contribution in [3.8, 4) is 0 Å². The normalized spacial score (nSPS) is 18.7. The molecule has 0 N–H and O–H groups in total. The molecule has 1 aliphatic carbocycles. The predicted molar refractivity (Wildman–Crippen MR) is 71.4 cm³/mol. The zero-order chi connectivity index (χ0) is 13.1. The van der Waals surface area contributed by atoms with Crippen molar-refractivity contribution < 1.29 is 9.59 Å². The number of carbonyl (C=O) groups excluding carboxylic acids is 2. The molecule has 0 aromatic heterocycles. The Hall–Kier alpha value is -1.96. The number of Topliss-reactive ketones (excluding diaryl/α,β-unsaturated/α-hetero) is 1. The maximum atomic E-state index is 12.0. The number of hydrogen-bond acceptors (Lipinski definition) is 2. The first kappa shape index (κ1) is 12.5. The molecule has 0 aliphatic heterocycles. The van der Waals surface area contributed by atoms with Crippen LogP contribution in [-0.2, 0) is 16.0 Å². The highest BCUT2D eigenvalue weighted by atomic mass is 16.1. The number of allylic oxidation sites excluding steroid dienone is 4. The Balaban J connectivity index is 2.17. The van der Waals surface area contributed by atoms with Crippen LogP contribution >= 0.6 is 0 Å². The Morgan fingerprint density at radius 2 is 2.00 bits per heavy atom. The Kier molecular flexibility index (Phi) is 3.56. The molecular weight excluding hydrogens is 224 g/mol. The van der Waals surface area contributed by atoms with E-state index in [1.54, 1.807) is 12.2 Å². The zero-order valence-corrected chi connectivity index (χ0v) is 10.6. The van der Waals surface area contributed by atoms with E-state index in [0.29, 0.717) is 12.7 Å². The summed E-state index contributed by atoms with van der Waals surface area (Å²) in [6, 6.07) is 6.22. The van der Waals surface area contributed by atoms with Crippen molar-refractivity contribution in [2.45, 2.75) is 20.3 Å². The summed E-state index contributed by atoms with van der Waals surface area (Å²) < 4.78 is 0. The van der Waals surface area contributed by atoms with Crippen LogP contribution in [0.5, 0.6) is 0 Å². The fraction of sp³-hybridized carbons (Fsp3) is 0.250. The SMILES string of the molecule is Cc1ccc(CC2C=CC=C(C=O)C2=O)cc1C. The molecule has 0 fully saturated rings. The smallest absolute Gasteiger partial charge is 0.173 e. The molecule has 1 aliphatic rings. The minimum absolute atomic E-state index is 0.0780. The molecule has 92 valence electrons. The number of ketones is 1. The van der Waals surface area contributed by atoms with E-state index in [1.165, 1.54) is 11.1 Å². The second-order valence-corrected chi connectivity index (χ2v) is 4.72. The number of rotatable bonds is 3. The van der Waals surface area contributed by atoms with Gasteiger partial charge in [0.2, 0.25) is 0 Å². The second-order valence-electron chi connectivity index (χ2n) is 4.72. The fourth-order valence-corrected chi connectivity index (χ4v) is 2.12. The standard InChI is InChI=1S/C16H16O2/c1-11-6-7-13(8-12(11)2)9-14-4-3-5-15(10-17)16(14)18/h3-8,10,14H,9H2,1-2H3. The van der Waals surface area contributed by atoms with Gasteiger partial charge in [-0.15, -0.1) is 0 Å². The van der Waals surface area contributed by atoms with E-state index in [4.69, 9.17) is 0 Å². The van der Waals surface area contributed by atoms with Gasteiger partial charge in [0.05, 0.1) is 5.57 Å². The minimum Gasteiger partial charge on any atom is -0.298 e. The molecule has 2 nitrogen and oxygen atoms in total. The third-order valence-corrected chi connectivity index (χ3v) is 3.39. The van der Waals surface area contributed by atoms with Crippen LogP contribution in [0.1, 0.15) is 16.7 Å². The zero-order valence-electron chi connectivity index (χ0n) is 10.6. The molecule has 0 amide bonds. The summed E-state index contributed by atoms with van der Waals surface area (Å²) >= 11 is 0. The molecule has 0 heterocycles. The van der Waals surface area contributed by atoms with Gasteiger partial charge in [-0.2, -0.15) is 0 Å². The van der Waals surface area contributed by atoms with Crippen LogP contribution in [0.3, 0.4) is 0 Å². The Morgan fingerprint density at radius 1 is 1.22 bits per heavy atom. The van der Waals surface area contributed by atoms with Crippen molar-refractivity contribution in [3.63, 3.8) is 0 Å². The number of aldehydes is 1. The molecule has 0 saturated heterocycles. The summed E-state index contributed by atoms with van der Waals surface area (Å²) in [5.41, 5.74) is 3.88. The van der Waals surface area contributed by atoms with E-state index in [0.717, 1.165) is 5.56 Å². The Morgan fingerprint density at radius 3 is 2.67 bits per heavy atom. The van der Waals surface area contributed by atoms with Crippen LogP contribution in [0.15, 0.2) is 42.0 Å². The first-order valence-electron chi connectivity index (χ1n) is 6.06.